The molecule has 0 saturated carbocycles. The zero-order chi connectivity index (χ0) is 10.2. The summed E-state index contributed by atoms with van der Waals surface area (Å²) < 4.78 is 4.94. The van der Waals surface area contributed by atoms with E-state index in [-0.39, 0.29) is 12.1 Å². The fraction of sp³-hybridized carbons (Fsp3) is 0.583. The lowest BCUT2D eigenvalue weighted by molar-refractivity contribution is -0.138. The normalized spacial score (nSPS) is 18.9. The lowest BCUT2D eigenvalue weighted by atomic mass is 10.2. The number of esters is 1. The first kappa shape index (κ1) is 10.8. The average molecular weight is 192 g/mol. The Hall–Kier alpha value is -1.23. The van der Waals surface area contributed by atoms with Gasteiger partial charge in [-0.15, -0.1) is 5.92 Å². The van der Waals surface area contributed by atoms with Crippen molar-refractivity contribution < 1.29 is 9.53 Å². The van der Waals surface area contributed by atoms with Crippen LogP contribution in [0.25, 0.3) is 0 Å². The molecule has 14 heavy (non-hydrogen) atoms. The van der Waals surface area contributed by atoms with Crippen molar-refractivity contribution in [2.24, 2.45) is 0 Å². The van der Waals surface area contributed by atoms with Gasteiger partial charge in [0, 0.05) is 18.9 Å². The van der Waals surface area contributed by atoms with Gasteiger partial charge in [0.15, 0.2) is 0 Å². The second-order valence-electron chi connectivity index (χ2n) is 3.35. The van der Waals surface area contributed by atoms with E-state index in [0.29, 0.717) is 6.42 Å². The van der Waals surface area contributed by atoms with E-state index in [1.807, 2.05) is 0 Å². The fourth-order valence-electron chi connectivity index (χ4n) is 1.25. The van der Waals surface area contributed by atoms with Crippen LogP contribution in [0.4, 0.5) is 0 Å². The molecule has 0 aromatic rings. The van der Waals surface area contributed by atoms with Gasteiger partial charge in [0.2, 0.25) is 0 Å². The Labute approximate surface area is 85.3 Å². The number of unbranched alkanes of at least 4 members (excludes halogenated alkanes) is 3. The van der Waals surface area contributed by atoms with Crippen LogP contribution < -0.4 is 0 Å². The van der Waals surface area contributed by atoms with Gasteiger partial charge in [-0.1, -0.05) is 25.7 Å². The number of hydrogen-bond acceptors (Lipinski definition) is 2. The van der Waals surface area contributed by atoms with Gasteiger partial charge in [-0.25, -0.2) is 4.79 Å². The fourth-order valence-corrected chi connectivity index (χ4v) is 1.25. The molecular weight excluding hydrogens is 176 g/mol. The van der Waals surface area contributed by atoms with Gasteiger partial charge in [0.05, 0.1) is 0 Å². The zero-order valence-corrected chi connectivity index (χ0v) is 8.58. The van der Waals surface area contributed by atoms with Crippen molar-refractivity contribution in [3.63, 3.8) is 0 Å². The first-order valence-corrected chi connectivity index (χ1v) is 5.17. The van der Waals surface area contributed by atoms with E-state index in [1.165, 1.54) is 25.3 Å². The molecule has 0 N–H and O–H groups in total. The number of hydrogen-bond donors (Lipinski definition) is 0. The molecule has 0 spiro atoms. The predicted octanol–water partition coefficient (Wildman–Crippen LogP) is 2.44. The van der Waals surface area contributed by atoms with E-state index in [2.05, 4.69) is 18.8 Å². The molecule has 2 heteroatoms. The van der Waals surface area contributed by atoms with Crippen molar-refractivity contribution in [1.29, 1.82) is 0 Å². The molecule has 76 valence electrons. The third-order valence-corrected chi connectivity index (χ3v) is 2.05. The highest BCUT2D eigenvalue weighted by Crippen LogP contribution is 2.07. The summed E-state index contributed by atoms with van der Waals surface area (Å²) in [5.74, 6) is 5.87. The molecule has 0 amide bonds. The topological polar surface area (TPSA) is 26.3 Å². The number of rotatable bonds is 4. The first-order valence-electron chi connectivity index (χ1n) is 5.17. The van der Waals surface area contributed by atoms with Crippen molar-refractivity contribution in [3.05, 3.63) is 12.2 Å². The first-order chi connectivity index (χ1) is 6.83. The van der Waals surface area contributed by atoms with Crippen molar-refractivity contribution in [1.82, 2.24) is 0 Å². The molecule has 0 radical (unpaired) electrons. The Morgan fingerprint density at radius 3 is 2.93 bits per heavy atom. The highest BCUT2D eigenvalue weighted by atomic mass is 16.5. The lowest BCUT2D eigenvalue weighted by Crippen LogP contribution is -2.05. The van der Waals surface area contributed by atoms with Gasteiger partial charge in [-0.2, -0.15) is 0 Å². The molecule has 0 aliphatic carbocycles. The van der Waals surface area contributed by atoms with Crippen molar-refractivity contribution in [2.45, 2.75) is 45.1 Å². The Morgan fingerprint density at radius 2 is 2.29 bits per heavy atom. The van der Waals surface area contributed by atoms with Crippen LogP contribution in [0.5, 0.6) is 0 Å². The Balaban J connectivity index is 2.08. The minimum Gasteiger partial charge on any atom is -0.454 e. The van der Waals surface area contributed by atoms with Crippen LogP contribution in [-0.2, 0) is 9.53 Å². The number of ether oxygens (including phenoxy) is 1. The summed E-state index contributed by atoms with van der Waals surface area (Å²) in [5.41, 5.74) is 0. The Morgan fingerprint density at radius 1 is 1.43 bits per heavy atom. The molecule has 0 saturated heterocycles. The van der Waals surface area contributed by atoms with Crippen LogP contribution in [0.15, 0.2) is 12.2 Å². The summed E-state index contributed by atoms with van der Waals surface area (Å²) in [7, 11) is 0. The van der Waals surface area contributed by atoms with Gasteiger partial charge in [0.25, 0.3) is 0 Å². The van der Waals surface area contributed by atoms with Crippen LogP contribution in [-0.4, -0.2) is 12.1 Å². The number of carbonyl (C=O) groups is 1. The second-order valence-corrected chi connectivity index (χ2v) is 3.35. The summed E-state index contributed by atoms with van der Waals surface area (Å²) in [4.78, 5) is 10.7. The molecule has 1 rings (SSSR count). The van der Waals surface area contributed by atoms with E-state index in [4.69, 9.17) is 4.74 Å². The minimum absolute atomic E-state index is 0.110. The summed E-state index contributed by atoms with van der Waals surface area (Å²) in [6, 6.07) is 0. The summed E-state index contributed by atoms with van der Waals surface area (Å²) in [6.45, 7) is 2.18. The van der Waals surface area contributed by atoms with E-state index in [0.717, 1.165) is 6.42 Å². The van der Waals surface area contributed by atoms with Gasteiger partial charge in [0.1, 0.15) is 6.10 Å². The molecule has 0 bridgehead atoms. The maximum atomic E-state index is 10.7. The summed E-state index contributed by atoms with van der Waals surface area (Å²) in [6.07, 6.45) is 8.35. The Bertz CT molecular complexity index is 268. The number of carbonyl (C=O) groups excluding carboxylic acids is 1. The smallest absolute Gasteiger partial charge is 0.331 e. The standard InChI is InChI=1S/C12H16O2/c1-2-3-4-5-6-7-8-11-9-10-12(13)14-11/h9-11H,2-5,8H2,1H3. The molecule has 1 aliphatic heterocycles. The second kappa shape index (κ2) is 6.26. The molecule has 1 unspecified atom stereocenters. The molecule has 0 aromatic carbocycles. The van der Waals surface area contributed by atoms with Crippen molar-refractivity contribution in [2.75, 3.05) is 0 Å². The average Bonchev–Trinajstić information content (AvgIpc) is 2.58. The molecule has 0 aromatic heterocycles. The Kier molecular flexibility index (Phi) is 4.85. The maximum absolute atomic E-state index is 10.7. The summed E-state index contributed by atoms with van der Waals surface area (Å²) >= 11 is 0. The van der Waals surface area contributed by atoms with Crippen LogP contribution >= 0.6 is 0 Å². The minimum atomic E-state index is -0.247. The largest absolute Gasteiger partial charge is 0.454 e. The van der Waals surface area contributed by atoms with Gasteiger partial charge < -0.3 is 4.74 Å². The van der Waals surface area contributed by atoms with Crippen molar-refractivity contribution in [3.8, 4) is 11.8 Å². The maximum Gasteiger partial charge on any atom is 0.331 e. The van der Waals surface area contributed by atoms with Crippen LogP contribution in [0, 0.1) is 11.8 Å². The third-order valence-electron chi connectivity index (χ3n) is 2.05. The van der Waals surface area contributed by atoms with E-state index < -0.39 is 0 Å². The van der Waals surface area contributed by atoms with Crippen molar-refractivity contribution >= 4 is 5.97 Å². The molecule has 1 heterocycles. The summed E-state index contributed by atoms with van der Waals surface area (Å²) in [5, 5.41) is 0. The molecular formula is C12H16O2. The molecule has 1 atom stereocenters. The van der Waals surface area contributed by atoms with Gasteiger partial charge in [-0.05, 0) is 12.5 Å². The molecule has 1 aliphatic rings. The SMILES string of the molecule is CCCCCC#CCC1C=CC(=O)O1. The molecule has 2 nitrogen and oxygen atoms in total. The van der Waals surface area contributed by atoms with E-state index >= 15 is 0 Å². The highest BCUT2D eigenvalue weighted by Gasteiger charge is 2.14. The quantitative estimate of drug-likeness (QED) is 0.388. The lowest BCUT2D eigenvalue weighted by Gasteiger charge is -2.01. The number of cyclic esters (lactones) is 1. The third kappa shape index (κ3) is 4.13. The monoisotopic (exact) mass is 192 g/mol. The molecule has 0 fully saturated rings. The zero-order valence-electron chi connectivity index (χ0n) is 8.58. The van der Waals surface area contributed by atoms with Gasteiger partial charge >= 0.3 is 5.97 Å². The highest BCUT2D eigenvalue weighted by molar-refractivity contribution is 5.84. The van der Waals surface area contributed by atoms with Crippen LogP contribution in [0.3, 0.4) is 0 Å². The predicted molar refractivity (Wildman–Crippen MR) is 55.6 cm³/mol. The van der Waals surface area contributed by atoms with Crippen LogP contribution in [0.1, 0.15) is 39.0 Å². The van der Waals surface area contributed by atoms with E-state index in [1.54, 1.807) is 6.08 Å². The van der Waals surface area contributed by atoms with Crippen LogP contribution in [0.2, 0.25) is 0 Å². The van der Waals surface area contributed by atoms with Gasteiger partial charge in [-0.3, -0.25) is 0 Å². The van der Waals surface area contributed by atoms with E-state index in [9.17, 15) is 4.79 Å².